The SMILES string of the molecule is Cc1cnc(NC(=O)[C@@H](C)Cn2nc([N+](=O)[O-])cc2C)s1. The van der Waals surface area contributed by atoms with Gasteiger partial charge >= 0.3 is 5.82 Å². The number of aromatic nitrogens is 3. The molecule has 0 saturated carbocycles. The Bertz CT molecular complexity index is 678. The van der Waals surface area contributed by atoms with Crippen LogP contribution < -0.4 is 5.32 Å². The number of carbonyl (C=O) groups excluding carboxylic acids is 1. The standard InChI is InChI=1S/C12H15N5O3S/c1-7(11(18)14-12-13-5-9(3)21-12)6-16-8(2)4-10(15-16)17(19)20/h4-5,7H,6H2,1-3H3,(H,13,14,18)/t7-/m0/s1. The van der Waals surface area contributed by atoms with Gasteiger partial charge in [-0.1, -0.05) is 6.92 Å². The van der Waals surface area contributed by atoms with Gasteiger partial charge in [0.15, 0.2) is 5.13 Å². The van der Waals surface area contributed by atoms with Crippen LogP contribution in [0.4, 0.5) is 10.9 Å². The fraction of sp³-hybridized carbons (Fsp3) is 0.417. The number of carbonyl (C=O) groups is 1. The van der Waals surface area contributed by atoms with Crippen molar-refractivity contribution in [2.75, 3.05) is 5.32 Å². The molecule has 0 aliphatic rings. The Morgan fingerprint density at radius 2 is 2.29 bits per heavy atom. The number of amides is 1. The van der Waals surface area contributed by atoms with E-state index >= 15 is 0 Å². The number of nitro groups is 1. The first kappa shape index (κ1) is 15.1. The van der Waals surface area contributed by atoms with Gasteiger partial charge in [0.05, 0.1) is 29.3 Å². The van der Waals surface area contributed by atoms with Crippen molar-refractivity contribution in [2.45, 2.75) is 27.3 Å². The van der Waals surface area contributed by atoms with Gasteiger partial charge in [0, 0.05) is 11.1 Å². The molecule has 2 heterocycles. The number of anilines is 1. The largest absolute Gasteiger partial charge is 0.390 e. The van der Waals surface area contributed by atoms with Crippen molar-refractivity contribution >= 4 is 28.2 Å². The zero-order chi connectivity index (χ0) is 15.6. The van der Waals surface area contributed by atoms with Crippen molar-refractivity contribution in [2.24, 2.45) is 5.92 Å². The van der Waals surface area contributed by atoms with Crippen LogP contribution in [0.15, 0.2) is 12.3 Å². The number of nitrogens with one attached hydrogen (secondary N) is 1. The summed E-state index contributed by atoms with van der Waals surface area (Å²) < 4.78 is 1.47. The third-order valence-electron chi connectivity index (χ3n) is 2.90. The van der Waals surface area contributed by atoms with Crippen molar-refractivity contribution in [3.8, 4) is 0 Å². The van der Waals surface area contributed by atoms with Crippen LogP contribution in [-0.2, 0) is 11.3 Å². The van der Waals surface area contributed by atoms with Crippen LogP contribution in [-0.4, -0.2) is 25.6 Å². The number of nitrogens with zero attached hydrogens (tertiary/aromatic N) is 4. The molecule has 2 aromatic heterocycles. The molecule has 0 radical (unpaired) electrons. The van der Waals surface area contributed by atoms with Crippen LogP contribution in [0.25, 0.3) is 0 Å². The molecule has 1 N–H and O–H groups in total. The molecule has 2 rings (SSSR count). The highest BCUT2D eigenvalue weighted by atomic mass is 32.1. The van der Waals surface area contributed by atoms with E-state index in [-0.39, 0.29) is 24.2 Å². The van der Waals surface area contributed by atoms with Gasteiger partial charge in [-0.15, -0.1) is 11.3 Å². The first-order chi connectivity index (χ1) is 9.86. The van der Waals surface area contributed by atoms with E-state index < -0.39 is 4.92 Å². The van der Waals surface area contributed by atoms with Gasteiger partial charge in [0.2, 0.25) is 5.91 Å². The molecular weight excluding hydrogens is 294 g/mol. The average molecular weight is 309 g/mol. The Kier molecular flexibility index (Phi) is 4.32. The molecule has 0 unspecified atom stereocenters. The highest BCUT2D eigenvalue weighted by Crippen LogP contribution is 2.18. The van der Waals surface area contributed by atoms with Crippen LogP contribution in [0, 0.1) is 29.9 Å². The lowest BCUT2D eigenvalue weighted by Crippen LogP contribution is -2.25. The van der Waals surface area contributed by atoms with E-state index in [2.05, 4.69) is 15.4 Å². The van der Waals surface area contributed by atoms with Gasteiger partial charge in [-0.2, -0.15) is 4.68 Å². The smallest absolute Gasteiger partial charge is 0.358 e. The minimum absolute atomic E-state index is 0.193. The van der Waals surface area contributed by atoms with Crippen LogP contribution >= 0.6 is 11.3 Å². The normalized spacial score (nSPS) is 12.1. The van der Waals surface area contributed by atoms with Gasteiger partial charge in [0.1, 0.15) is 0 Å². The molecule has 0 spiro atoms. The summed E-state index contributed by atoms with van der Waals surface area (Å²) in [5.74, 6) is -0.787. The molecule has 0 fully saturated rings. The lowest BCUT2D eigenvalue weighted by Gasteiger charge is -2.09. The summed E-state index contributed by atoms with van der Waals surface area (Å²) in [5, 5.41) is 17.8. The number of aryl methyl sites for hydroxylation is 2. The first-order valence-electron chi connectivity index (χ1n) is 6.29. The van der Waals surface area contributed by atoms with Crippen LogP contribution in [0.2, 0.25) is 0 Å². The molecule has 112 valence electrons. The average Bonchev–Trinajstić information content (AvgIpc) is 2.96. The van der Waals surface area contributed by atoms with Crippen LogP contribution in [0.1, 0.15) is 17.5 Å². The Labute approximate surface area is 125 Å². The maximum absolute atomic E-state index is 12.1. The maximum atomic E-state index is 12.1. The predicted octanol–water partition coefficient (Wildman–Crippen LogP) is 2.14. The minimum atomic E-state index is -0.549. The fourth-order valence-electron chi connectivity index (χ4n) is 1.75. The topological polar surface area (TPSA) is 103 Å². The Morgan fingerprint density at radius 3 is 2.81 bits per heavy atom. The van der Waals surface area contributed by atoms with Crippen LogP contribution in [0.5, 0.6) is 0 Å². The molecule has 9 heteroatoms. The Hall–Kier alpha value is -2.29. The maximum Gasteiger partial charge on any atom is 0.390 e. The third kappa shape index (κ3) is 3.63. The molecule has 1 amide bonds. The highest BCUT2D eigenvalue weighted by molar-refractivity contribution is 7.15. The van der Waals surface area contributed by atoms with Gasteiger partial charge < -0.3 is 15.4 Å². The zero-order valence-corrected chi connectivity index (χ0v) is 12.7. The number of thiazole rings is 1. The lowest BCUT2D eigenvalue weighted by molar-refractivity contribution is -0.389. The number of hydrogen-bond acceptors (Lipinski definition) is 6. The minimum Gasteiger partial charge on any atom is -0.358 e. The zero-order valence-electron chi connectivity index (χ0n) is 11.9. The molecule has 0 aromatic carbocycles. The molecule has 8 nitrogen and oxygen atoms in total. The number of rotatable bonds is 5. The molecule has 1 atom stereocenters. The molecule has 0 aliphatic heterocycles. The summed E-state index contributed by atoms with van der Waals surface area (Å²) in [6.07, 6.45) is 1.69. The molecule has 2 aromatic rings. The summed E-state index contributed by atoms with van der Waals surface area (Å²) >= 11 is 1.40. The highest BCUT2D eigenvalue weighted by Gasteiger charge is 2.21. The van der Waals surface area contributed by atoms with Gasteiger partial charge in [-0.3, -0.25) is 4.79 Å². The van der Waals surface area contributed by atoms with E-state index in [1.54, 1.807) is 20.0 Å². The molecule has 0 saturated heterocycles. The summed E-state index contributed by atoms with van der Waals surface area (Å²) in [6, 6.07) is 1.38. The second kappa shape index (κ2) is 6.00. The van der Waals surface area contributed by atoms with Crippen molar-refractivity contribution in [1.29, 1.82) is 0 Å². The Balaban J connectivity index is 2.02. The summed E-state index contributed by atoms with van der Waals surface area (Å²) in [4.78, 5) is 27.3. The summed E-state index contributed by atoms with van der Waals surface area (Å²) in [5.41, 5.74) is 0.645. The van der Waals surface area contributed by atoms with E-state index in [1.165, 1.54) is 22.1 Å². The quantitative estimate of drug-likeness (QED) is 0.673. The molecule has 0 bridgehead atoms. The predicted molar refractivity (Wildman–Crippen MR) is 78.3 cm³/mol. The molecule has 21 heavy (non-hydrogen) atoms. The second-order valence-corrected chi connectivity index (χ2v) is 5.98. The summed E-state index contributed by atoms with van der Waals surface area (Å²) in [6.45, 7) is 5.64. The third-order valence-corrected chi connectivity index (χ3v) is 3.73. The van der Waals surface area contributed by atoms with Gasteiger partial charge in [-0.05, 0) is 18.8 Å². The monoisotopic (exact) mass is 309 g/mol. The van der Waals surface area contributed by atoms with E-state index in [4.69, 9.17) is 0 Å². The van der Waals surface area contributed by atoms with Crippen LogP contribution in [0.3, 0.4) is 0 Å². The van der Waals surface area contributed by atoms with E-state index in [0.29, 0.717) is 10.8 Å². The van der Waals surface area contributed by atoms with Crippen molar-refractivity contribution in [3.05, 3.63) is 32.9 Å². The van der Waals surface area contributed by atoms with Gasteiger partial charge in [0.25, 0.3) is 0 Å². The number of hydrogen-bond donors (Lipinski definition) is 1. The first-order valence-corrected chi connectivity index (χ1v) is 7.10. The van der Waals surface area contributed by atoms with E-state index in [1.807, 2.05) is 6.92 Å². The van der Waals surface area contributed by atoms with Crippen molar-refractivity contribution in [3.63, 3.8) is 0 Å². The van der Waals surface area contributed by atoms with Crippen molar-refractivity contribution in [1.82, 2.24) is 14.8 Å². The van der Waals surface area contributed by atoms with E-state index in [9.17, 15) is 14.9 Å². The molecule has 0 aliphatic carbocycles. The molecular formula is C12H15N5O3S. The van der Waals surface area contributed by atoms with Crippen molar-refractivity contribution < 1.29 is 9.72 Å². The second-order valence-electron chi connectivity index (χ2n) is 4.75. The fourth-order valence-corrected chi connectivity index (χ4v) is 2.42. The van der Waals surface area contributed by atoms with E-state index in [0.717, 1.165) is 4.88 Å². The van der Waals surface area contributed by atoms with Gasteiger partial charge in [-0.25, -0.2) is 4.98 Å². The lowest BCUT2D eigenvalue weighted by atomic mass is 10.1. The summed E-state index contributed by atoms with van der Waals surface area (Å²) in [7, 11) is 0. The Morgan fingerprint density at radius 1 is 1.57 bits per heavy atom.